The number of ether oxygens (including phenoxy) is 2. The summed E-state index contributed by atoms with van der Waals surface area (Å²) in [5, 5.41) is 54.7. The number of carbonyl (C=O) groups excluding carboxylic acids is 1. The molecular formula is C70H129NO8. The first-order valence-corrected chi connectivity index (χ1v) is 34.0. The van der Waals surface area contributed by atoms with Crippen molar-refractivity contribution in [3.8, 4) is 0 Å². The highest BCUT2D eigenvalue weighted by Crippen LogP contribution is 2.23. The van der Waals surface area contributed by atoms with Gasteiger partial charge in [0.15, 0.2) is 6.29 Å². The highest BCUT2D eigenvalue weighted by Gasteiger charge is 2.44. The van der Waals surface area contributed by atoms with Crippen LogP contribution in [0.4, 0.5) is 0 Å². The first kappa shape index (κ1) is 74.9. The molecule has 79 heavy (non-hydrogen) atoms. The summed E-state index contributed by atoms with van der Waals surface area (Å²) in [5.41, 5.74) is 0. The van der Waals surface area contributed by atoms with Crippen LogP contribution < -0.4 is 5.32 Å². The third kappa shape index (κ3) is 48.0. The number of aliphatic hydroxyl groups excluding tert-OH is 5. The van der Waals surface area contributed by atoms with Crippen LogP contribution in [0.25, 0.3) is 0 Å². The zero-order valence-electron chi connectivity index (χ0n) is 51.6. The molecule has 0 saturated carbocycles. The smallest absolute Gasteiger partial charge is 0.220 e. The van der Waals surface area contributed by atoms with Crippen molar-refractivity contribution in [1.29, 1.82) is 0 Å². The van der Waals surface area contributed by atoms with Crippen LogP contribution in [0.15, 0.2) is 60.8 Å². The van der Waals surface area contributed by atoms with Crippen LogP contribution in [0.2, 0.25) is 0 Å². The first-order valence-electron chi connectivity index (χ1n) is 34.0. The zero-order chi connectivity index (χ0) is 57.2. The van der Waals surface area contributed by atoms with E-state index in [1.165, 1.54) is 250 Å². The summed E-state index contributed by atoms with van der Waals surface area (Å²) in [6.07, 6.45) is 74.7. The molecule has 0 aromatic rings. The molecule has 0 aromatic heterocycles. The molecule has 1 amide bonds. The van der Waals surface area contributed by atoms with Gasteiger partial charge in [0.1, 0.15) is 24.4 Å². The maximum Gasteiger partial charge on any atom is 0.220 e. The predicted octanol–water partition coefficient (Wildman–Crippen LogP) is 18.2. The molecule has 0 aromatic carbocycles. The highest BCUT2D eigenvalue weighted by molar-refractivity contribution is 5.76. The van der Waals surface area contributed by atoms with E-state index in [0.29, 0.717) is 6.42 Å². The molecule has 0 radical (unpaired) electrons. The molecule has 9 heteroatoms. The molecule has 0 aliphatic carbocycles. The minimum Gasteiger partial charge on any atom is -0.394 e. The van der Waals surface area contributed by atoms with Crippen molar-refractivity contribution in [2.75, 3.05) is 13.2 Å². The Morgan fingerprint density at radius 2 is 0.759 bits per heavy atom. The van der Waals surface area contributed by atoms with E-state index in [2.05, 4.69) is 67.8 Å². The van der Waals surface area contributed by atoms with Crippen molar-refractivity contribution in [1.82, 2.24) is 5.32 Å². The summed E-state index contributed by atoms with van der Waals surface area (Å²) in [5.74, 6) is -0.189. The second kappa shape index (κ2) is 59.1. The lowest BCUT2D eigenvalue weighted by atomic mass is 9.99. The Hall–Kier alpha value is -2.11. The van der Waals surface area contributed by atoms with Gasteiger partial charge in [0.2, 0.25) is 5.91 Å². The van der Waals surface area contributed by atoms with Gasteiger partial charge in [0.25, 0.3) is 0 Å². The van der Waals surface area contributed by atoms with E-state index in [1.807, 2.05) is 6.08 Å². The predicted molar refractivity (Wildman–Crippen MR) is 336 cm³/mol. The van der Waals surface area contributed by atoms with E-state index < -0.39 is 49.5 Å². The Morgan fingerprint density at radius 3 is 1.14 bits per heavy atom. The van der Waals surface area contributed by atoms with Gasteiger partial charge in [-0.3, -0.25) is 4.79 Å². The standard InChI is InChI=1S/C70H129NO8/c1-3-5-7-9-11-13-15-17-19-21-23-25-27-29-30-31-32-33-34-36-37-39-41-43-45-47-49-51-53-55-57-59-64(73)63(62-78-70-69(77)68(76)67(75)65(61-72)79-70)71-66(74)60-58-56-54-52-50-48-46-44-42-40-38-35-28-26-24-22-20-18-16-14-12-10-8-6-4-2/h16,18,22,24,41,43,49,51,57,59,63-65,67-70,72-73,75-77H,3-15,17,19-21,23,25-40,42,44-48,50,52-56,58,60-62H2,1-2H3,(H,71,74)/b18-16-,24-22-,43-41+,51-49+,59-57+. The van der Waals surface area contributed by atoms with Crippen molar-refractivity contribution in [2.45, 2.75) is 365 Å². The number of allylic oxidation sites excluding steroid dienone is 9. The maximum absolute atomic E-state index is 13.1. The normalized spacial score (nSPS) is 18.9. The first-order chi connectivity index (χ1) is 38.8. The van der Waals surface area contributed by atoms with Crippen LogP contribution in [0.3, 0.4) is 0 Å². The molecule has 1 aliphatic rings. The SMILES string of the molecule is CCCCCCC/C=C\C/C=C\CCCCCCCCCCCCCCCC(=O)NC(COC1OC(CO)C(O)C(O)C1O)C(O)/C=C/CC/C=C/CC/C=C/CCCCCCCCCCCCCCCCCCCCCCC. The summed E-state index contributed by atoms with van der Waals surface area (Å²) in [6, 6.07) is -0.832. The maximum atomic E-state index is 13.1. The van der Waals surface area contributed by atoms with Gasteiger partial charge in [0.05, 0.1) is 25.4 Å². The van der Waals surface area contributed by atoms with E-state index in [9.17, 15) is 30.3 Å². The monoisotopic (exact) mass is 1110 g/mol. The van der Waals surface area contributed by atoms with Gasteiger partial charge in [-0.1, -0.05) is 299 Å². The van der Waals surface area contributed by atoms with Crippen LogP contribution in [0.1, 0.15) is 322 Å². The number of carbonyl (C=O) groups is 1. The van der Waals surface area contributed by atoms with Crippen LogP contribution >= 0.6 is 0 Å². The number of unbranched alkanes of at least 4 members (excludes halogenated alkanes) is 41. The van der Waals surface area contributed by atoms with E-state index >= 15 is 0 Å². The summed E-state index contributed by atoms with van der Waals surface area (Å²) >= 11 is 0. The lowest BCUT2D eigenvalue weighted by Crippen LogP contribution is -2.60. The van der Waals surface area contributed by atoms with Crippen molar-refractivity contribution in [2.24, 2.45) is 0 Å². The molecule has 0 bridgehead atoms. The van der Waals surface area contributed by atoms with Gasteiger partial charge in [-0.2, -0.15) is 0 Å². The number of hydrogen-bond donors (Lipinski definition) is 6. The van der Waals surface area contributed by atoms with Crippen molar-refractivity contribution >= 4 is 5.91 Å². The largest absolute Gasteiger partial charge is 0.394 e. The second-order valence-corrected chi connectivity index (χ2v) is 23.6. The van der Waals surface area contributed by atoms with E-state index in [-0.39, 0.29) is 12.5 Å². The summed E-state index contributed by atoms with van der Waals surface area (Å²) in [4.78, 5) is 13.1. The molecule has 1 fully saturated rings. The number of rotatable bonds is 59. The number of amides is 1. The van der Waals surface area contributed by atoms with E-state index in [4.69, 9.17) is 9.47 Å². The van der Waals surface area contributed by atoms with Gasteiger partial charge in [-0.25, -0.2) is 0 Å². The quantitative estimate of drug-likeness (QED) is 0.0261. The fraction of sp³-hybridized carbons (Fsp3) is 0.843. The average Bonchev–Trinajstić information content (AvgIpc) is 3.47. The third-order valence-corrected chi connectivity index (χ3v) is 16.0. The summed E-state index contributed by atoms with van der Waals surface area (Å²) in [6.45, 7) is 3.79. The summed E-state index contributed by atoms with van der Waals surface area (Å²) in [7, 11) is 0. The zero-order valence-corrected chi connectivity index (χ0v) is 51.6. The second-order valence-electron chi connectivity index (χ2n) is 23.6. The molecule has 1 aliphatic heterocycles. The molecule has 6 N–H and O–H groups in total. The molecule has 0 spiro atoms. The van der Waals surface area contributed by atoms with E-state index in [1.54, 1.807) is 6.08 Å². The molecule has 7 unspecified atom stereocenters. The molecule has 1 heterocycles. The van der Waals surface area contributed by atoms with Crippen LogP contribution in [0, 0.1) is 0 Å². The van der Waals surface area contributed by atoms with Gasteiger partial charge >= 0.3 is 0 Å². The Morgan fingerprint density at radius 1 is 0.430 bits per heavy atom. The average molecular weight is 1110 g/mol. The Balaban J connectivity index is 2.18. The minimum absolute atomic E-state index is 0.189. The van der Waals surface area contributed by atoms with Crippen molar-refractivity contribution in [3.05, 3.63) is 60.8 Å². The molecular weight excluding hydrogens is 983 g/mol. The van der Waals surface area contributed by atoms with Gasteiger partial charge < -0.3 is 40.3 Å². The lowest BCUT2D eigenvalue weighted by molar-refractivity contribution is -0.302. The van der Waals surface area contributed by atoms with E-state index in [0.717, 1.165) is 51.4 Å². The molecule has 462 valence electrons. The summed E-state index contributed by atoms with van der Waals surface area (Å²) < 4.78 is 11.3. The fourth-order valence-electron chi connectivity index (χ4n) is 10.7. The van der Waals surface area contributed by atoms with Crippen LogP contribution in [-0.4, -0.2) is 87.5 Å². The minimum atomic E-state index is -1.58. The van der Waals surface area contributed by atoms with Gasteiger partial charge in [-0.15, -0.1) is 0 Å². The highest BCUT2D eigenvalue weighted by atomic mass is 16.7. The van der Waals surface area contributed by atoms with Crippen LogP contribution in [0.5, 0.6) is 0 Å². The van der Waals surface area contributed by atoms with Crippen LogP contribution in [-0.2, 0) is 14.3 Å². The number of aliphatic hydroxyl groups is 5. The third-order valence-electron chi connectivity index (χ3n) is 16.0. The Kier molecular flexibility index (Phi) is 56.0. The molecule has 7 atom stereocenters. The van der Waals surface area contributed by atoms with Crippen molar-refractivity contribution in [3.63, 3.8) is 0 Å². The number of nitrogens with one attached hydrogen (secondary N) is 1. The Bertz CT molecular complexity index is 1430. The Labute approximate surface area is 487 Å². The van der Waals surface area contributed by atoms with Gasteiger partial charge in [-0.05, 0) is 77.0 Å². The molecule has 1 saturated heterocycles. The van der Waals surface area contributed by atoms with Crippen molar-refractivity contribution < 1.29 is 39.8 Å². The topological polar surface area (TPSA) is 149 Å². The fourth-order valence-corrected chi connectivity index (χ4v) is 10.7. The lowest BCUT2D eigenvalue weighted by Gasteiger charge is -2.40. The molecule has 9 nitrogen and oxygen atoms in total. The van der Waals surface area contributed by atoms with Gasteiger partial charge in [0, 0.05) is 6.42 Å². The molecule has 1 rings (SSSR count). The number of hydrogen-bond acceptors (Lipinski definition) is 8.